The Balaban J connectivity index is 2.18. The van der Waals surface area contributed by atoms with Crippen molar-refractivity contribution in [3.05, 3.63) is 0 Å². The van der Waals surface area contributed by atoms with Gasteiger partial charge in [0.05, 0.1) is 13.1 Å². The molecule has 17 heavy (non-hydrogen) atoms. The zero-order valence-corrected chi connectivity index (χ0v) is 10.1. The number of nitrogens with zero attached hydrogens (tertiary/aromatic N) is 1. The quantitative estimate of drug-likeness (QED) is 0.557. The van der Waals surface area contributed by atoms with Crippen LogP contribution in [0.5, 0.6) is 0 Å². The van der Waals surface area contributed by atoms with Crippen LogP contribution in [0, 0.1) is 0 Å². The van der Waals surface area contributed by atoms with Crippen LogP contribution in [0.25, 0.3) is 0 Å². The number of hydrogen-bond donors (Lipinski definition) is 3. The van der Waals surface area contributed by atoms with Gasteiger partial charge in [0.15, 0.2) is 0 Å². The Labute approximate surface area is 99.9 Å². The monoisotopic (exact) mass is 242 g/mol. The van der Waals surface area contributed by atoms with Crippen molar-refractivity contribution in [2.24, 2.45) is 0 Å². The molecule has 1 saturated carbocycles. The van der Waals surface area contributed by atoms with Gasteiger partial charge >= 0.3 is 6.03 Å². The molecule has 0 unspecified atom stereocenters. The first kappa shape index (κ1) is 13.3. The molecule has 96 valence electrons. The highest BCUT2D eigenvalue weighted by Gasteiger charge is 2.23. The van der Waals surface area contributed by atoms with Crippen molar-refractivity contribution >= 4 is 17.8 Å². The Morgan fingerprint density at radius 3 is 2.47 bits per heavy atom. The molecule has 0 aromatic rings. The lowest BCUT2D eigenvalue weighted by atomic mass is 10.4. The van der Waals surface area contributed by atoms with Gasteiger partial charge < -0.3 is 20.9 Å². The molecule has 1 rings (SSSR count). The molecule has 0 radical (unpaired) electrons. The predicted molar refractivity (Wildman–Crippen MR) is 61.3 cm³/mol. The molecule has 0 bridgehead atoms. The topological polar surface area (TPSA) is 90.5 Å². The fourth-order valence-electron chi connectivity index (χ4n) is 1.14. The van der Waals surface area contributed by atoms with E-state index in [9.17, 15) is 14.4 Å². The molecule has 0 saturated heterocycles. The minimum absolute atomic E-state index is 0.0126. The van der Waals surface area contributed by atoms with Gasteiger partial charge in [-0.1, -0.05) is 0 Å². The highest BCUT2D eigenvalue weighted by Crippen LogP contribution is 2.18. The fraction of sp³-hybridized carbons (Fsp3) is 0.700. The van der Waals surface area contributed by atoms with Crippen LogP contribution < -0.4 is 16.0 Å². The molecule has 4 amide bonds. The molecular formula is C10H18N4O3. The number of nitrogens with one attached hydrogen (secondary N) is 3. The third kappa shape index (κ3) is 5.19. The summed E-state index contributed by atoms with van der Waals surface area (Å²) < 4.78 is 0. The maximum atomic E-state index is 11.5. The van der Waals surface area contributed by atoms with Crippen molar-refractivity contribution in [1.82, 2.24) is 20.9 Å². The lowest BCUT2D eigenvalue weighted by Crippen LogP contribution is -2.45. The van der Waals surface area contributed by atoms with Gasteiger partial charge in [0, 0.05) is 20.1 Å². The van der Waals surface area contributed by atoms with E-state index in [1.807, 2.05) is 0 Å². The first-order valence-corrected chi connectivity index (χ1v) is 5.52. The normalized spacial score (nSPS) is 13.8. The number of carbonyl (C=O) groups excluding carboxylic acids is 3. The molecule has 7 nitrogen and oxygen atoms in total. The molecular weight excluding hydrogens is 224 g/mol. The van der Waals surface area contributed by atoms with Crippen LogP contribution in [-0.4, -0.2) is 56.0 Å². The Kier molecular flexibility index (Phi) is 4.74. The molecule has 7 heteroatoms. The van der Waals surface area contributed by atoms with Gasteiger partial charge in [0.2, 0.25) is 11.8 Å². The minimum atomic E-state index is -0.339. The fourth-order valence-corrected chi connectivity index (χ4v) is 1.14. The number of hydrogen-bond acceptors (Lipinski definition) is 3. The second kappa shape index (κ2) is 6.07. The first-order chi connectivity index (χ1) is 8.02. The zero-order chi connectivity index (χ0) is 12.8. The lowest BCUT2D eigenvalue weighted by molar-refractivity contribution is -0.133. The Bertz CT molecular complexity index is 315. The van der Waals surface area contributed by atoms with E-state index in [-0.39, 0.29) is 37.0 Å². The molecule has 0 aliphatic heterocycles. The molecule has 0 spiro atoms. The molecule has 0 aromatic carbocycles. The number of likely N-dealkylation sites (N-methyl/N-ethyl adjacent to an activating group) is 2. The second-order valence-corrected chi connectivity index (χ2v) is 4.02. The molecule has 0 heterocycles. The average molecular weight is 242 g/mol. The second-order valence-electron chi connectivity index (χ2n) is 4.02. The summed E-state index contributed by atoms with van der Waals surface area (Å²) in [6, 6.07) is -0.0807. The van der Waals surface area contributed by atoms with E-state index in [0.29, 0.717) is 0 Å². The summed E-state index contributed by atoms with van der Waals surface area (Å²) in [5.74, 6) is -0.553. The Hall–Kier alpha value is -1.79. The third-order valence-electron chi connectivity index (χ3n) is 2.40. The van der Waals surface area contributed by atoms with Gasteiger partial charge in [-0.15, -0.1) is 0 Å². The van der Waals surface area contributed by atoms with Crippen molar-refractivity contribution in [2.45, 2.75) is 18.9 Å². The number of urea groups is 1. The van der Waals surface area contributed by atoms with Crippen LogP contribution in [0.3, 0.4) is 0 Å². The maximum absolute atomic E-state index is 11.5. The van der Waals surface area contributed by atoms with Gasteiger partial charge in [-0.3, -0.25) is 9.59 Å². The highest BCUT2D eigenvalue weighted by atomic mass is 16.2. The van der Waals surface area contributed by atoms with Crippen LogP contribution >= 0.6 is 0 Å². The number of amides is 4. The van der Waals surface area contributed by atoms with Gasteiger partial charge in [0.1, 0.15) is 0 Å². The van der Waals surface area contributed by atoms with Crippen LogP contribution in [0.2, 0.25) is 0 Å². The van der Waals surface area contributed by atoms with Gasteiger partial charge in [-0.2, -0.15) is 0 Å². The lowest BCUT2D eigenvalue weighted by Gasteiger charge is -2.16. The predicted octanol–water partition coefficient (Wildman–Crippen LogP) is -1.35. The molecule has 1 aliphatic carbocycles. The van der Waals surface area contributed by atoms with Crippen molar-refractivity contribution in [2.75, 3.05) is 27.2 Å². The summed E-state index contributed by atoms with van der Waals surface area (Å²) in [7, 11) is 3.01. The first-order valence-electron chi connectivity index (χ1n) is 5.52. The standard InChI is InChI=1S/C10H18N4O3/c1-11-8(15)6-14(2)9(16)5-12-10(17)13-7-3-4-7/h7H,3-6H2,1-2H3,(H,11,15)(H2,12,13,17). The summed E-state index contributed by atoms with van der Waals surface area (Å²) >= 11 is 0. The number of rotatable bonds is 5. The average Bonchev–Trinajstić information content (AvgIpc) is 3.09. The minimum Gasteiger partial charge on any atom is -0.358 e. The SMILES string of the molecule is CNC(=O)CN(C)C(=O)CNC(=O)NC1CC1. The van der Waals surface area contributed by atoms with E-state index in [0.717, 1.165) is 12.8 Å². The van der Waals surface area contributed by atoms with Crippen LogP contribution in [0.4, 0.5) is 4.79 Å². The maximum Gasteiger partial charge on any atom is 0.315 e. The third-order valence-corrected chi connectivity index (χ3v) is 2.40. The Morgan fingerprint density at radius 1 is 1.29 bits per heavy atom. The number of carbonyl (C=O) groups is 3. The summed E-state index contributed by atoms with van der Waals surface area (Å²) in [6.45, 7) is -0.118. The van der Waals surface area contributed by atoms with Crippen molar-refractivity contribution in [3.63, 3.8) is 0 Å². The van der Waals surface area contributed by atoms with Gasteiger partial charge in [-0.05, 0) is 12.8 Å². The van der Waals surface area contributed by atoms with Crippen LogP contribution in [0.15, 0.2) is 0 Å². The molecule has 3 N–H and O–H groups in total. The largest absolute Gasteiger partial charge is 0.358 e. The van der Waals surface area contributed by atoms with E-state index in [2.05, 4.69) is 16.0 Å². The van der Waals surface area contributed by atoms with Crippen molar-refractivity contribution in [3.8, 4) is 0 Å². The molecule has 0 aromatic heterocycles. The van der Waals surface area contributed by atoms with Crippen molar-refractivity contribution in [1.29, 1.82) is 0 Å². The summed E-state index contributed by atoms with van der Waals surface area (Å²) in [5, 5.41) is 7.57. The van der Waals surface area contributed by atoms with Crippen molar-refractivity contribution < 1.29 is 14.4 Å². The van der Waals surface area contributed by atoms with E-state index in [4.69, 9.17) is 0 Å². The van der Waals surface area contributed by atoms with Gasteiger partial charge in [0.25, 0.3) is 0 Å². The highest BCUT2D eigenvalue weighted by molar-refractivity contribution is 5.87. The molecule has 1 fully saturated rings. The molecule has 1 aliphatic rings. The van der Waals surface area contributed by atoms with E-state index in [1.54, 1.807) is 0 Å². The Morgan fingerprint density at radius 2 is 1.94 bits per heavy atom. The van der Waals surface area contributed by atoms with E-state index in [1.165, 1.54) is 19.0 Å². The summed E-state index contributed by atoms with van der Waals surface area (Å²) in [5.41, 5.74) is 0. The smallest absolute Gasteiger partial charge is 0.315 e. The van der Waals surface area contributed by atoms with Gasteiger partial charge in [-0.25, -0.2) is 4.79 Å². The van der Waals surface area contributed by atoms with E-state index >= 15 is 0 Å². The summed E-state index contributed by atoms with van der Waals surface area (Å²) in [6.07, 6.45) is 2.00. The summed E-state index contributed by atoms with van der Waals surface area (Å²) in [4.78, 5) is 35.0. The zero-order valence-electron chi connectivity index (χ0n) is 10.1. The van der Waals surface area contributed by atoms with Crippen LogP contribution in [0.1, 0.15) is 12.8 Å². The van der Waals surface area contributed by atoms with Crippen LogP contribution in [-0.2, 0) is 9.59 Å². The van der Waals surface area contributed by atoms with E-state index < -0.39 is 0 Å². The molecule has 0 atom stereocenters.